The molecule has 152 valence electrons. The number of carbonyl (C=O) groups is 1. The van der Waals surface area contributed by atoms with Gasteiger partial charge < -0.3 is 10.1 Å². The number of aldehydes is 1. The quantitative estimate of drug-likeness (QED) is 0.707. The van der Waals surface area contributed by atoms with Crippen molar-refractivity contribution in [3.05, 3.63) is 47.1 Å². The van der Waals surface area contributed by atoms with Gasteiger partial charge in [0.1, 0.15) is 18.1 Å². The molecule has 3 aliphatic rings. The SMILES string of the molecule is CC.O=CC1=C(OCC2=C(c3ccnn3C3CCCC3)CCCC2)C=CCN1. The van der Waals surface area contributed by atoms with Crippen molar-refractivity contribution in [1.29, 1.82) is 0 Å². The molecule has 1 aromatic rings. The Morgan fingerprint density at radius 3 is 2.79 bits per heavy atom. The van der Waals surface area contributed by atoms with Crippen LogP contribution in [-0.4, -0.2) is 29.2 Å². The van der Waals surface area contributed by atoms with Crippen LogP contribution in [0.1, 0.15) is 76.9 Å². The van der Waals surface area contributed by atoms with Crippen molar-refractivity contribution >= 4 is 11.9 Å². The number of hydrogen-bond acceptors (Lipinski definition) is 4. The molecule has 0 saturated heterocycles. The molecule has 1 fully saturated rings. The third kappa shape index (κ3) is 4.57. The van der Waals surface area contributed by atoms with Gasteiger partial charge in [-0.25, -0.2) is 0 Å². The molecule has 4 rings (SSSR count). The van der Waals surface area contributed by atoms with Crippen LogP contribution in [0.15, 0.2) is 41.4 Å². The number of hydrogen-bond donors (Lipinski definition) is 1. The lowest BCUT2D eigenvalue weighted by Crippen LogP contribution is -2.21. The van der Waals surface area contributed by atoms with Gasteiger partial charge in [-0.15, -0.1) is 0 Å². The molecule has 0 radical (unpaired) electrons. The monoisotopic (exact) mass is 383 g/mol. The molecule has 1 aliphatic heterocycles. The van der Waals surface area contributed by atoms with Crippen LogP contribution in [0.25, 0.3) is 5.57 Å². The Morgan fingerprint density at radius 1 is 1.21 bits per heavy atom. The van der Waals surface area contributed by atoms with Gasteiger partial charge in [0, 0.05) is 12.7 Å². The van der Waals surface area contributed by atoms with Crippen molar-refractivity contribution in [2.45, 2.75) is 71.3 Å². The third-order valence-electron chi connectivity index (χ3n) is 5.70. The van der Waals surface area contributed by atoms with Crippen LogP contribution in [-0.2, 0) is 9.53 Å². The van der Waals surface area contributed by atoms with Crippen LogP contribution in [0.5, 0.6) is 0 Å². The minimum atomic E-state index is 0.543. The van der Waals surface area contributed by atoms with E-state index >= 15 is 0 Å². The van der Waals surface area contributed by atoms with Gasteiger partial charge >= 0.3 is 0 Å². The molecule has 1 aromatic heterocycles. The molecule has 5 heteroatoms. The number of nitrogens with one attached hydrogen (secondary N) is 1. The Hall–Kier alpha value is -2.30. The van der Waals surface area contributed by atoms with E-state index in [1.165, 1.54) is 55.4 Å². The summed E-state index contributed by atoms with van der Waals surface area (Å²) in [5.74, 6) is 0.646. The maximum atomic E-state index is 11.2. The fraction of sp³-hybridized carbons (Fsp3) is 0.565. The Bertz CT molecular complexity index is 752. The molecule has 1 saturated carbocycles. The molecule has 0 bridgehead atoms. The van der Waals surface area contributed by atoms with E-state index in [0.717, 1.165) is 19.1 Å². The van der Waals surface area contributed by atoms with E-state index in [0.29, 0.717) is 30.6 Å². The Labute approximate surface area is 168 Å². The zero-order valence-corrected chi connectivity index (χ0v) is 17.2. The highest BCUT2D eigenvalue weighted by atomic mass is 16.5. The summed E-state index contributed by atoms with van der Waals surface area (Å²) in [6.07, 6.45) is 16.3. The number of dihydropyridines is 1. The number of carbonyl (C=O) groups excluding carboxylic acids is 1. The van der Waals surface area contributed by atoms with Crippen molar-refractivity contribution in [2.75, 3.05) is 13.2 Å². The third-order valence-corrected chi connectivity index (χ3v) is 5.70. The fourth-order valence-electron chi connectivity index (χ4n) is 4.33. The van der Waals surface area contributed by atoms with E-state index in [9.17, 15) is 4.79 Å². The van der Waals surface area contributed by atoms with E-state index in [-0.39, 0.29) is 0 Å². The lowest BCUT2D eigenvalue weighted by molar-refractivity contribution is -0.105. The fourth-order valence-corrected chi connectivity index (χ4v) is 4.33. The summed E-state index contributed by atoms with van der Waals surface area (Å²) in [4.78, 5) is 11.2. The Morgan fingerprint density at radius 2 is 2.00 bits per heavy atom. The number of aromatic nitrogens is 2. The topological polar surface area (TPSA) is 56.1 Å². The van der Waals surface area contributed by atoms with Gasteiger partial charge in [-0.3, -0.25) is 9.48 Å². The van der Waals surface area contributed by atoms with Gasteiger partial charge in [0.2, 0.25) is 0 Å². The second kappa shape index (κ2) is 10.3. The largest absolute Gasteiger partial charge is 0.487 e. The van der Waals surface area contributed by atoms with Crippen molar-refractivity contribution in [2.24, 2.45) is 0 Å². The highest BCUT2D eigenvalue weighted by Crippen LogP contribution is 2.37. The molecule has 0 unspecified atom stereocenters. The zero-order chi connectivity index (χ0) is 19.8. The lowest BCUT2D eigenvalue weighted by Gasteiger charge is -2.24. The van der Waals surface area contributed by atoms with Crippen LogP contribution in [0.2, 0.25) is 0 Å². The number of allylic oxidation sites excluding steroid dienone is 3. The summed E-state index contributed by atoms with van der Waals surface area (Å²) < 4.78 is 8.29. The Kier molecular flexibility index (Phi) is 7.52. The number of rotatable bonds is 6. The molecular formula is C23H33N3O2. The molecular weight excluding hydrogens is 350 g/mol. The molecule has 0 aromatic carbocycles. The average molecular weight is 384 g/mol. The summed E-state index contributed by atoms with van der Waals surface area (Å²) in [5, 5.41) is 7.71. The van der Waals surface area contributed by atoms with Gasteiger partial charge in [-0.1, -0.05) is 32.8 Å². The summed E-state index contributed by atoms with van der Waals surface area (Å²) in [5.41, 5.74) is 4.58. The molecule has 2 aliphatic carbocycles. The maximum Gasteiger partial charge on any atom is 0.169 e. The van der Waals surface area contributed by atoms with Gasteiger partial charge in [0.25, 0.3) is 0 Å². The van der Waals surface area contributed by atoms with E-state index in [1.807, 2.05) is 32.2 Å². The van der Waals surface area contributed by atoms with Crippen molar-refractivity contribution in [3.63, 3.8) is 0 Å². The highest BCUT2D eigenvalue weighted by molar-refractivity contribution is 5.74. The van der Waals surface area contributed by atoms with E-state index in [4.69, 9.17) is 4.74 Å². The van der Waals surface area contributed by atoms with Gasteiger partial charge in [0.05, 0.1) is 11.7 Å². The number of ether oxygens (including phenoxy) is 1. The van der Waals surface area contributed by atoms with Crippen LogP contribution >= 0.6 is 0 Å². The van der Waals surface area contributed by atoms with Crippen molar-refractivity contribution in [3.8, 4) is 0 Å². The maximum absolute atomic E-state index is 11.2. The number of nitrogens with zero attached hydrogens (tertiary/aromatic N) is 2. The Balaban J connectivity index is 0.00000109. The summed E-state index contributed by atoms with van der Waals surface area (Å²) in [6, 6.07) is 2.71. The lowest BCUT2D eigenvalue weighted by atomic mass is 9.90. The smallest absolute Gasteiger partial charge is 0.169 e. The van der Waals surface area contributed by atoms with E-state index in [2.05, 4.69) is 21.2 Å². The minimum absolute atomic E-state index is 0.543. The van der Waals surface area contributed by atoms with Crippen LogP contribution in [0.3, 0.4) is 0 Å². The molecule has 0 amide bonds. The predicted octanol–water partition coefficient (Wildman–Crippen LogP) is 4.94. The van der Waals surface area contributed by atoms with E-state index in [1.54, 1.807) is 0 Å². The normalized spacial score (nSPS) is 19.9. The first kappa shape index (κ1) is 20.4. The standard InChI is InChI=1S/C21H27N3O2.C2H6/c25-14-19-21(10-5-12-22-19)26-15-16-6-1-4-9-18(16)20-11-13-23-24(20)17-7-2-3-8-17;1-2/h5,10-11,13-14,17,22H,1-4,6-9,12,15H2;1-2H3. The molecule has 1 N–H and O–H groups in total. The van der Waals surface area contributed by atoms with Gasteiger partial charge in [0.15, 0.2) is 6.29 Å². The second-order valence-electron chi connectivity index (χ2n) is 7.36. The van der Waals surface area contributed by atoms with Crippen molar-refractivity contribution in [1.82, 2.24) is 15.1 Å². The molecule has 0 spiro atoms. The molecule has 2 heterocycles. The van der Waals surface area contributed by atoms with Crippen LogP contribution in [0, 0.1) is 0 Å². The molecule has 5 nitrogen and oxygen atoms in total. The zero-order valence-electron chi connectivity index (χ0n) is 17.2. The minimum Gasteiger partial charge on any atom is -0.487 e. The molecule has 0 atom stereocenters. The van der Waals surface area contributed by atoms with E-state index < -0.39 is 0 Å². The van der Waals surface area contributed by atoms with Crippen molar-refractivity contribution < 1.29 is 9.53 Å². The van der Waals surface area contributed by atoms with Crippen LogP contribution < -0.4 is 5.32 Å². The first-order chi connectivity index (χ1) is 13.9. The first-order valence-corrected chi connectivity index (χ1v) is 10.8. The molecule has 28 heavy (non-hydrogen) atoms. The summed E-state index contributed by atoms with van der Waals surface area (Å²) in [7, 11) is 0. The van der Waals surface area contributed by atoms with Crippen LogP contribution in [0.4, 0.5) is 0 Å². The first-order valence-electron chi connectivity index (χ1n) is 10.8. The second-order valence-corrected chi connectivity index (χ2v) is 7.36. The summed E-state index contributed by atoms with van der Waals surface area (Å²) >= 11 is 0. The summed E-state index contributed by atoms with van der Waals surface area (Å²) in [6.45, 7) is 5.22. The average Bonchev–Trinajstić information content (AvgIpc) is 3.45. The van der Waals surface area contributed by atoms with Gasteiger partial charge in [-0.05, 0) is 61.8 Å². The highest BCUT2D eigenvalue weighted by Gasteiger charge is 2.24. The predicted molar refractivity (Wildman–Crippen MR) is 113 cm³/mol. The van der Waals surface area contributed by atoms with Gasteiger partial charge in [-0.2, -0.15) is 5.10 Å².